The normalized spacial score (nSPS) is 10.2. The number of amides is 1. The summed E-state index contributed by atoms with van der Waals surface area (Å²) in [5, 5.41) is 2.84. The number of rotatable bonds is 3. The molecule has 0 bridgehead atoms. The molecule has 0 saturated carbocycles. The molecule has 0 fully saturated rings. The molecule has 3 rings (SSSR count). The second kappa shape index (κ2) is 6.22. The highest BCUT2D eigenvalue weighted by atomic mass is 16.1. The number of nitrogens with zero attached hydrogens (tertiary/aromatic N) is 1. The quantitative estimate of drug-likeness (QED) is 0.780. The first-order chi connectivity index (χ1) is 10.7. The third-order valence-corrected chi connectivity index (χ3v) is 3.43. The van der Waals surface area contributed by atoms with E-state index in [9.17, 15) is 4.79 Å². The van der Waals surface area contributed by atoms with Gasteiger partial charge in [-0.2, -0.15) is 0 Å². The summed E-state index contributed by atoms with van der Waals surface area (Å²) in [5.74, 6) is -0.137. The van der Waals surface area contributed by atoms with Crippen molar-refractivity contribution in [2.75, 3.05) is 5.32 Å². The molecule has 0 aliphatic heterocycles. The Hall–Kier alpha value is -2.94. The lowest BCUT2D eigenvalue weighted by Gasteiger charge is -2.07. The number of aryl methyl sites for hydroxylation is 1. The fraction of sp³-hybridized carbons (Fsp3) is 0.0526. The van der Waals surface area contributed by atoms with Crippen LogP contribution in [0.2, 0.25) is 0 Å². The van der Waals surface area contributed by atoms with Crippen LogP contribution in [0.1, 0.15) is 15.9 Å². The van der Waals surface area contributed by atoms with Crippen LogP contribution >= 0.6 is 0 Å². The lowest BCUT2D eigenvalue weighted by Crippen LogP contribution is -2.11. The van der Waals surface area contributed by atoms with Crippen molar-refractivity contribution < 1.29 is 4.79 Å². The molecule has 0 unspecified atom stereocenters. The van der Waals surface area contributed by atoms with E-state index in [-0.39, 0.29) is 5.91 Å². The third kappa shape index (κ3) is 3.20. The molecule has 3 heteroatoms. The lowest BCUT2D eigenvalue weighted by atomic mass is 10.0. The molecule has 2 aromatic carbocycles. The summed E-state index contributed by atoms with van der Waals surface area (Å²) in [4.78, 5) is 16.3. The van der Waals surface area contributed by atoms with Crippen LogP contribution in [0.15, 0.2) is 73.1 Å². The average molecular weight is 288 g/mol. The van der Waals surface area contributed by atoms with Crippen LogP contribution in [-0.4, -0.2) is 10.9 Å². The van der Waals surface area contributed by atoms with Crippen molar-refractivity contribution in [3.63, 3.8) is 0 Å². The Balaban J connectivity index is 1.84. The first kappa shape index (κ1) is 14.0. The second-order valence-corrected chi connectivity index (χ2v) is 5.14. The van der Waals surface area contributed by atoms with Crippen molar-refractivity contribution >= 4 is 11.6 Å². The minimum absolute atomic E-state index is 0.137. The summed E-state index contributed by atoms with van der Waals surface area (Å²) in [6.45, 7) is 2.06. The number of hydrogen-bond donors (Lipinski definition) is 1. The van der Waals surface area contributed by atoms with Gasteiger partial charge in [-0.05, 0) is 42.3 Å². The lowest BCUT2D eigenvalue weighted by molar-refractivity contribution is 0.102. The molecule has 0 aliphatic carbocycles. The monoisotopic (exact) mass is 288 g/mol. The van der Waals surface area contributed by atoms with Gasteiger partial charge in [0.15, 0.2) is 0 Å². The zero-order valence-electron chi connectivity index (χ0n) is 12.3. The summed E-state index contributed by atoms with van der Waals surface area (Å²) >= 11 is 0. The van der Waals surface area contributed by atoms with E-state index in [1.165, 1.54) is 5.56 Å². The van der Waals surface area contributed by atoms with Gasteiger partial charge in [-0.1, -0.05) is 42.0 Å². The number of carbonyl (C=O) groups is 1. The smallest absolute Gasteiger partial charge is 0.255 e. The summed E-state index contributed by atoms with van der Waals surface area (Å²) in [5.41, 5.74) is 4.66. The van der Waals surface area contributed by atoms with Gasteiger partial charge in [0.1, 0.15) is 0 Å². The van der Waals surface area contributed by atoms with Crippen LogP contribution in [0, 0.1) is 6.92 Å². The summed E-state index contributed by atoms with van der Waals surface area (Å²) in [6, 6.07) is 19.5. The predicted molar refractivity (Wildman–Crippen MR) is 88.8 cm³/mol. The standard InChI is InChI=1S/C19H16N2O/c1-14-7-9-15(10-8-14)16-4-2-5-17(12-16)19(22)21-18-6-3-11-20-13-18/h2-13H,1H3,(H,21,22). The Bertz CT molecular complexity index is 780. The van der Waals surface area contributed by atoms with Crippen LogP contribution in [0.3, 0.4) is 0 Å². The van der Waals surface area contributed by atoms with Crippen molar-refractivity contribution in [2.45, 2.75) is 6.92 Å². The first-order valence-electron chi connectivity index (χ1n) is 7.11. The molecule has 0 spiro atoms. The maximum atomic E-state index is 12.3. The molecular weight excluding hydrogens is 272 g/mol. The number of hydrogen-bond acceptors (Lipinski definition) is 2. The molecule has 1 heterocycles. The van der Waals surface area contributed by atoms with Gasteiger partial charge in [0.05, 0.1) is 11.9 Å². The van der Waals surface area contributed by atoms with Gasteiger partial charge in [-0.25, -0.2) is 0 Å². The summed E-state index contributed by atoms with van der Waals surface area (Å²) in [7, 11) is 0. The molecule has 0 aliphatic rings. The third-order valence-electron chi connectivity index (χ3n) is 3.43. The summed E-state index contributed by atoms with van der Waals surface area (Å²) < 4.78 is 0. The fourth-order valence-corrected chi connectivity index (χ4v) is 2.23. The van der Waals surface area contributed by atoms with E-state index in [1.54, 1.807) is 18.5 Å². The van der Waals surface area contributed by atoms with Crippen molar-refractivity contribution in [3.05, 3.63) is 84.2 Å². The van der Waals surface area contributed by atoms with E-state index in [4.69, 9.17) is 0 Å². The average Bonchev–Trinajstić information content (AvgIpc) is 2.56. The topological polar surface area (TPSA) is 42.0 Å². The number of carbonyl (C=O) groups excluding carboxylic acids is 1. The van der Waals surface area contributed by atoms with E-state index >= 15 is 0 Å². The Morgan fingerprint density at radius 1 is 0.955 bits per heavy atom. The van der Waals surface area contributed by atoms with Crippen molar-refractivity contribution in [2.24, 2.45) is 0 Å². The molecule has 1 amide bonds. The maximum Gasteiger partial charge on any atom is 0.255 e. The molecule has 1 N–H and O–H groups in total. The second-order valence-electron chi connectivity index (χ2n) is 5.14. The van der Waals surface area contributed by atoms with Gasteiger partial charge in [0, 0.05) is 11.8 Å². The SMILES string of the molecule is Cc1ccc(-c2cccc(C(=O)Nc3cccnc3)c2)cc1. The molecule has 0 saturated heterocycles. The molecule has 3 nitrogen and oxygen atoms in total. The molecule has 0 radical (unpaired) electrons. The Morgan fingerprint density at radius 3 is 2.50 bits per heavy atom. The number of nitrogens with one attached hydrogen (secondary N) is 1. The van der Waals surface area contributed by atoms with Crippen molar-refractivity contribution in [1.82, 2.24) is 4.98 Å². The zero-order chi connectivity index (χ0) is 15.4. The highest BCUT2D eigenvalue weighted by Gasteiger charge is 2.07. The van der Waals surface area contributed by atoms with E-state index in [0.29, 0.717) is 11.3 Å². The summed E-state index contributed by atoms with van der Waals surface area (Å²) in [6.07, 6.45) is 3.30. The van der Waals surface area contributed by atoms with Gasteiger partial charge >= 0.3 is 0 Å². The van der Waals surface area contributed by atoms with Crippen LogP contribution < -0.4 is 5.32 Å². The van der Waals surface area contributed by atoms with Gasteiger partial charge in [-0.3, -0.25) is 9.78 Å². The molecule has 0 atom stereocenters. The van der Waals surface area contributed by atoms with Crippen molar-refractivity contribution in [1.29, 1.82) is 0 Å². The minimum atomic E-state index is -0.137. The molecule has 1 aromatic heterocycles. The molecule has 3 aromatic rings. The molecular formula is C19H16N2O. The van der Waals surface area contributed by atoms with Crippen molar-refractivity contribution in [3.8, 4) is 11.1 Å². The van der Waals surface area contributed by atoms with Crippen LogP contribution in [0.25, 0.3) is 11.1 Å². The Labute approximate surface area is 129 Å². The number of benzene rings is 2. The van der Waals surface area contributed by atoms with Gasteiger partial charge in [0.2, 0.25) is 0 Å². The predicted octanol–water partition coefficient (Wildman–Crippen LogP) is 4.31. The fourth-order valence-electron chi connectivity index (χ4n) is 2.23. The van der Waals surface area contributed by atoms with Crippen LogP contribution in [-0.2, 0) is 0 Å². The number of anilines is 1. The Kier molecular flexibility index (Phi) is 3.97. The van der Waals surface area contributed by atoms with E-state index in [1.807, 2.05) is 30.3 Å². The van der Waals surface area contributed by atoms with E-state index in [2.05, 4.69) is 41.5 Å². The highest BCUT2D eigenvalue weighted by molar-refractivity contribution is 6.04. The minimum Gasteiger partial charge on any atom is -0.321 e. The highest BCUT2D eigenvalue weighted by Crippen LogP contribution is 2.21. The largest absolute Gasteiger partial charge is 0.321 e. The van der Waals surface area contributed by atoms with Gasteiger partial charge in [0.25, 0.3) is 5.91 Å². The van der Waals surface area contributed by atoms with Crippen LogP contribution in [0.5, 0.6) is 0 Å². The molecule has 108 valence electrons. The van der Waals surface area contributed by atoms with E-state index < -0.39 is 0 Å². The number of aromatic nitrogens is 1. The Morgan fingerprint density at radius 2 is 1.77 bits per heavy atom. The maximum absolute atomic E-state index is 12.3. The van der Waals surface area contributed by atoms with Crippen LogP contribution in [0.4, 0.5) is 5.69 Å². The van der Waals surface area contributed by atoms with Gasteiger partial charge in [-0.15, -0.1) is 0 Å². The van der Waals surface area contributed by atoms with Gasteiger partial charge < -0.3 is 5.32 Å². The zero-order valence-corrected chi connectivity index (χ0v) is 12.3. The number of pyridine rings is 1. The first-order valence-corrected chi connectivity index (χ1v) is 7.11. The molecule has 22 heavy (non-hydrogen) atoms. The van der Waals surface area contributed by atoms with E-state index in [0.717, 1.165) is 11.1 Å².